The monoisotopic (exact) mass is 416 g/mol. The fourth-order valence-corrected chi connectivity index (χ4v) is 4.80. The van der Waals surface area contributed by atoms with E-state index in [0.29, 0.717) is 23.8 Å². The molecule has 5 rings (SSSR count). The Balaban J connectivity index is 1.63. The number of carbonyl (C=O) groups is 1. The minimum Gasteiger partial charge on any atom is -0.493 e. The van der Waals surface area contributed by atoms with Gasteiger partial charge in [0.25, 0.3) is 0 Å². The summed E-state index contributed by atoms with van der Waals surface area (Å²) in [7, 11) is 3.22. The molecule has 0 spiro atoms. The summed E-state index contributed by atoms with van der Waals surface area (Å²) in [5, 5.41) is 7.55. The van der Waals surface area contributed by atoms with Crippen molar-refractivity contribution in [2.45, 2.75) is 31.6 Å². The summed E-state index contributed by atoms with van der Waals surface area (Å²) >= 11 is 0. The molecule has 1 aliphatic heterocycles. The van der Waals surface area contributed by atoms with Gasteiger partial charge < -0.3 is 19.3 Å². The quantitative estimate of drug-likeness (QED) is 0.648. The van der Waals surface area contributed by atoms with Gasteiger partial charge in [0.15, 0.2) is 17.3 Å². The number of anilines is 1. The lowest BCUT2D eigenvalue weighted by Crippen LogP contribution is -2.29. The summed E-state index contributed by atoms with van der Waals surface area (Å²) < 4.78 is 16.5. The minimum absolute atomic E-state index is 0.136. The number of ketones is 1. The van der Waals surface area contributed by atoms with Gasteiger partial charge in [0.05, 0.1) is 25.5 Å². The van der Waals surface area contributed by atoms with Crippen LogP contribution in [0, 0.1) is 6.92 Å². The van der Waals surface area contributed by atoms with Crippen molar-refractivity contribution in [1.82, 2.24) is 5.16 Å². The van der Waals surface area contributed by atoms with Crippen molar-refractivity contribution in [3.63, 3.8) is 0 Å². The number of hydrogen-bond acceptors (Lipinski definition) is 6. The second-order valence-electron chi connectivity index (χ2n) is 8.01. The predicted octanol–water partition coefficient (Wildman–Crippen LogP) is 4.96. The normalized spacial score (nSPS) is 20.0. The van der Waals surface area contributed by atoms with Crippen LogP contribution >= 0.6 is 0 Å². The lowest BCUT2D eigenvalue weighted by atomic mass is 9.72. The number of Topliss-reactive ketones (excluding diaryl/α,β-unsaturated/α-hetero) is 1. The van der Waals surface area contributed by atoms with Crippen LogP contribution in [-0.4, -0.2) is 25.2 Å². The molecule has 31 heavy (non-hydrogen) atoms. The molecule has 2 heterocycles. The van der Waals surface area contributed by atoms with E-state index in [1.165, 1.54) is 5.56 Å². The van der Waals surface area contributed by atoms with Crippen LogP contribution in [0.4, 0.5) is 5.88 Å². The Kier molecular flexibility index (Phi) is 4.77. The highest BCUT2D eigenvalue weighted by Crippen LogP contribution is 2.49. The number of aromatic nitrogens is 1. The number of hydrogen-bond donors (Lipinski definition) is 1. The maximum absolute atomic E-state index is 13.5. The molecule has 6 nitrogen and oxygen atoms in total. The smallest absolute Gasteiger partial charge is 0.233 e. The second kappa shape index (κ2) is 7.61. The van der Waals surface area contributed by atoms with Gasteiger partial charge in [-0.05, 0) is 42.5 Å². The van der Waals surface area contributed by atoms with E-state index in [1.807, 2.05) is 43.3 Å². The van der Waals surface area contributed by atoms with E-state index in [9.17, 15) is 4.79 Å². The first-order chi connectivity index (χ1) is 15.1. The fraction of sp³-hybridized carbons (Fsp3) is 0.280. The highest BCUT2D eigenvalue weighted by Gasteiger charge is 2.41. The Bertz CT molecular complexity index is 1180. The van der Waals surface area contributed by atoms with Gasteiger partial charge in [0.1, 0.15) is 0 Å². The van der Waals surface area contributed by atoms with Crippen LogP contribution in [0.5, 0.6) is 11.5 Å². The molecule has 1 N–H and O–H groups in total. The molecule has 3 aromatic rings. The first-order valence-electron chi connectivity index (χ1n) is 10.4. The van der Waals surface area contributed by atoms with Gasteiger partial charge in [0.2, 0.25) is 5.88 Å². The summed E-state index contributed by atoms with van der Waals surface area (Å²) in [4.78, 5) is 13.5. The molecule has 0 amide bonds. The van der Waals surface area contributed by atoms with Crippen molar-refractivity contribution in [1.29, 1.82) is 0 Å². The summed E-state index contributed by atoms with van der Waals surface area (Å²) in [6.07, 6.45) is 1.22. The average Bonchev–Trinajstić information content (AvgIpc) is 3.17. The third-order valence-corrected chi connectivity index (χ3v) is 6.27. The lowest BCUT2D eigenvalue weighted by Gasteiger charge is -2.34. The van der Waals surface area contributed by atoms with E-state index in [0.717, 1.165) is 34.5 Å². The summed E-state index contributed by atoms with van der Waals surface area (Å²) in [5.74, 6) is 1.90. The van der Waals surface area contributed by atoms with E-state index in [-0.39, 0.29) is 17.6 Å². The number of nitrogens with zero attached hydrogens (tertiary/aromatic N) is 1. The Labute approximate surface area is 180 Å². The number of carbonyl (C=O) groups excluding carboxylic acids is 1. The Morgan fingerprint density at radius 2 is 1.77 bits per heavy atom. The molecule has 2 aromatic carbocycles. The third kappa shape index (κ3) is 3.19. The summed E-state index contributed by atoms with van der Waals surface area (Å²) in [5.41, 5.74) is 5.49. The zero-order chi connectivity index (χ0) is 21.5. The number of aryl methyl sites for hydroxylation is 1. The second-order valence-corrected chi connectivity index (χ2v) is 8.01. The Morgan fingerprint density at radius 3 is 2.52 bits per heavy atom. The van der Waals surface area contributed by atoms with Crippen molar-refractivity contribution in [3.05, 3.63) is 82.2 Å². The van der Waals surface area contributed by atoms with Crippen LogP contribution in [0.2, 0.25) is 0 Å². The number of fused-ring (bicyclic) bond motifs is 1. The molecule has 1 aromatic heterocycles. The number of methoxy groups -OCH3 is 2. The maximum Gasteiger partial charge on any atom is 0.233 e. The van der Waals surface area contributed by atoms with Crippen molar-refractivity contribution >= 4 is 11.7 Å². The number of rotatable bonds is 4. The maximum atomic E-state index is 13.5. The van der Waals surface area contributed by atoms with Crippen LogP contribution in [0.1, 0.15) is 47.1 Å². The summed E-state index contributed by atoms with van der Waals surface area (Å²) in [6.45, 7) is 1.91. The molecule has 0 radical (unpaired) electrons. The van der Waals surface area contributed by atoms with Gasteiger partial charge in [-0.2, -0.15) is 0 Å². The third-order valence-electron chi connectivity index (χ3n) is 6.27. The highest BCUT2D eigenvalue weighted by molar-refractivity contribution is 6.01. The number of nitrogens with one attached hydrogen (secondary N) is 1. The van der Waals surface area contributed by atoms with Gasteiger partial charge in [0, 0.05) is 23.6 Å². The van der Waals surface area contributed by atoms with Gasteiger partial charge in [-0.1, -0.05) is 41.6 Å². The van der Waals surface area contributed by atoms with E-state index in [4.69, 9.17) is 14.0 Å². The standard InChI is InChI=1S/C25H24N2O4/c1-14-22-23(16-9-10-20(29-2)21(13-16)30-3)24-18(26-25(22)31-27-14)11-17(12-19(24)28)15-7-5-4-6-8-15/h4-10,13,17,23,26H,11-12H2,1-3H3/t17-,23-/m0/s1. The van der Waals surface area contributed by atoms with E-state index < -0.39 is 0 Å². The minimum atomic E-state index is -0.262. The SMILES string of the molecule is COc1ccc([C@@H]2C3=C(C[C@H](c4ccccc4)CC3=O)Nc3onc(C)c32)cc1OC. The predicted molar refractivity (Wildman–Crippen MR) is 117 cm³/mol. The molecule has 0 saturated carbocycles. The topological polar surface area (TPSA) is 73.6 Å². The van der Waals surface area contributed by atoms with E-state index in [2.05, 4.69) is 22.6 Å². The van der Waals surface area contributed by atoms with Gasteiger partial charge in [-0.25, -0.2) is 0 Å². The molecule has 0 unspecified atom stereocenters. The van der Waals surface area contributed by atoms with Gasteiger partial charge in [-0.15, -0.1) is 0 Å². The summed E-state index contributed by atoms with van der Waals surface area (Å²) in [6, 6.07) is 16.0. The average molecular weight is 416 g/mol. The van der Waals surface area contributed by atoms with Crippen LogP contribution in [0.15, 0.2) is 64.3 Å². The number of benzene rings is 2. The first kappa shape index (κ1) is 19.4. The van der Waals surface area contributed by atoms with Crippen molar-refractivity contribution in [2.75, 3.05) is 19.5 Å². The molecule has 0 fully saturated rings. The van der Waals surface area contributed by atoms with Crippen LogP contribution < -0.4 is 14.8 Å². The number of ether oxygens (including phenoxy) is 2. The fourth-order valence-electron chi connectivity index (χ4n) is 4.80. The van der Waals surface area contributed by atoms with E-state index in [1.54, 1.807) is 14.2 Å². The van der Waals surface area contributed by atoms with Gasteiger partial charge in [-0.3, -0.25) is 4.79 Å². The Morgan fingerprint density at radius 1 is 1.00 bits per heavy atom. The molecule has 6 heteroatoms. The molecular formula is C25H24N2O4. The zero-order valence-corrected chi connectivity index (χ0v) is 17.8. The molecule has 0 bridgehead atoms. The van der Waals surface area contributed by atoms with Gasteiger partial charge >= 0.3 is 0 Å². The molecule has 0 saturated heterocycles. The van der Waals surface area contributed by atoms with Crippen LogP contribution in [-0.2, 0) is 4.79 Å². The molecule has 158 valence electrons. The number of allylic oxidation sites excluding steroid dienone is 2. The Hall–Kier alpha value is -3.54. The lowest BCUT2D eigenvalue weighted by molar-refractivity contribution is -0.116. The molecule has 1 aliphatic carbocycles. The molecular weight excluding hydrogens is 392 g/mol. The molecule has 2 aliphatic rings. The molecule has 2 atom stereocenters. The largest absolute Gasteiger partial charge is 0.493 e. The first-order valence-corrected chi connectivity index (χ1v) is 10.4. The zero-order valence-electron chi connectivity index (χ0n) is 17.8. The van der Waals surface area contributed by atoms with Crippen LogP contribution in [0.25, 0.3) is 0 Å². The van der Waals surface area contributed by atoms with E-state index >= 15 is 0 Å². The van der Waals surface area contributed by atoms with Crippen molar-refractivity contribution in [2.24, 2.45) is 0 Å². The van der Waals surface area contributed by atoms with Crippen molar-refractivity contribution < 1.29 is 18.8 Å². The van der Waals surface area contributed by atoms with Crippen LogP contribution in [0.3, 0.4) is 0 Å². The van der Waals surface area contributed by atoms with Crippen molar-refractivity contribution in [3.8, 4) is 11.5 Å². The highest BCUT2D eigenvalue weighted by atomic mass is 16.5.